The van der Waals surface area contributed by atoms with Gasteiger partial charge in [0.05, 0.1) is 56.6 Å². The van der Waals surface area contributed by atoms with E-state index >= 15 is 0 Å². The van der Waals surface area contributed by atoms with Crippen LogP contribution in [0.25, 0.3) is 0 Å². The lowest BCUT2D eigenvalue weighted by molar-refractivity contribution is -0.638. The first kappa shape index (κ1) is 57.5. The number of aromatic hydroxyl groups is 1. The third kappa shape index (κ3) is 17.4. The van der Waals surface area contributed by atoms with Crippen molar-refractivity contribution >= 4 is 59.1 Å². The first-order valence-corrected chi connectivity index (χ1v) is 25.9. The minimum atomic E-state index is -1.26. The predicted molar refractivity (Wildman–Crippen MR) is 258 cm³/mol. The molecule has 2 saturated carbocycles. The third-order valence-electron chi connectivity index (χ3n) is 14.6. The number of phenols is 1. The summed E-state index contributed by atoms with van der Waals surface area (Å²) in [7, 11) is 0. The highest BCUT2D eigenvalue weighted by Crippen LogP contribution is 2.28. The number of nitrogens with two attached hydrogens (primary N) is 3. The Balaban J connectivity index is 1.26. The number of carbonyl (C=O) groups excluding carboxylic acids is 10. The van der Waals surface area contributed by atoms with Crippen molar-refractivity contribution in [2.45, 2.75) is 152 Å². The fourth-order valence-corrected chi connectivity index (χ4v) is 10.5. The summed E-state index contributed by atoms with van der Waals surface area (Å²) in [6.07, 6.45) is 5.19. The maximum atomic E-state index is 14.4. The van der Waals surface area contributed by atoms with Crippen molar-refractivity contribution in [2.75, 3.05) is 32.7 Å². The van der Waals surface area contributed by atoms with Gasteiger partial charge in [0.2, 0.25) is 53.2 Å². The van der Waals surface area contributed by atoms with Crippen LogP contribution in [0.2, 0.25) is 0 Å². The van der Waals surface area contributed by atoms with Crippen LogP contribution in [0.1, 0.15) is 103 Å². The molecule has 2 saturated heterocycles. The number of carbonyl (C=O) groups is 10. The van der Waals surface area contributed by atoms with Crippen LogP contribution in [-0.4, -0.2) is 145 Å². The van der Waals surface area contributed by atoms with E-state index in [-0.39, 0.29) is 62.3 Å². The Morgan fingerprint density at radius 3 is 1.56 bits per heavy atom. The second kappa shape index (κ2) is 28.2. The summed E-state index contributed by atoms with van der Waals surface area (Å²) in [5.74, 6) is -8.45. The van der Waals surface area contributed by atoms with Crippen LogP contribution in [0.4, 0.5) is 0 Å². The molecule has 5 rings (SSSR count). The van der Waals surface area contributed by atoms with Crippen molar-refractivity contribution in [3.05, 3.63) is 29.8 Å². The van der Waals surface area contributed by atoms with Crippen molar-refractivity contribution in [2.24, 2.45) is 29.4 Å². The van der Waals surface area contributed by atoms with Crippen LogP contribution >= 0.6 is 0 Å². The fraction of sp³-hybridized carbons (Fsp3) is 0.673. The van der Waals surface area contributed by atoms with Crippen molar-refractivity contribution in [1.29, 1.82) is 0 Å². The normalized spacial score (nSPS) is 25.0. The van der Waals surface area contributed by atoms with Gasteiger partial charge in [-0.05, 0) is 88.8 Å². The standard InChI is InChI=1S/C49H76N12O12/c1-26(42(51)66)54-45(69)32-22-52-24-39(32)60-47(71)36(11-3-4-15-41(64)65)57-44(68)31-10-8-14-35(31)56-49(73)38(21-28-16-18-29(63)19-17-28)59-46(70)33-23-53-25-40(33)61-48(72)37(12-5-6-20-50)58-43(67)30-9-7-13-34(30)55-27(2)62/h16-19,26,30-40,52-53,63H,3-15,20-25,50H2,1-2H3,(H2,51,66)(H,54,69)(H,55,62)(H,56,73)(H,57,68)(H,58,67)(H,59,70)(H,60,71)(H,61,72)(H,64,65)/p+2/t26-,30?,31?,32?,33?,34?,35?,36-,37-,38-,39?,40?/m0/s1. The van der Waals surface area contributed by atoms with Crippen molar-refractivity contribution in [1.82, 2.24) is 42.5 Å². The number of carboxylic acid groups (broad SMARTS) is 1. The zero-order chi connectivity index (χ0) is 53.2. The van der Waals surface area contributed by atoms with Crippen LogP contribution in [0.5, 0.6) is 5.75 Å². The second-order valence-corrected chi connectivity index (χ2v) is 20.1. The lowest BCUT2D eigenvalue weighted by Gasteiger charge is -2.28. The van der Waals surface area contributed by atoms with Crippen LogP contribution in [-0.2, 0) is 54.4 Å². The number of phenolic OH excluding ortho intramolecular Hbond substituents is 1. The number of hydrogen-bond donors (Lipinski definition) is 13. The molecule has 2 heterocycles. The van der Waals surface area contributed by atoms with Crippen molar-refractivity contribution < 1.29 is 74.5 Å². The molecule has 2 aliphatic carbocycles. The number of benzene rings is 1. The summed E-state index contributed by atoms with van der Waals surface area (Å²) in [4.78, 5) is 132. The van der Waals surface area contributed by atoms with E-state index in [1.807, 2.05) is 10.6 Å². The van der Waals surface area contributed by atoms with E-state index in [1.165, 1.54) is 26.0 Å². The lowest BCUT2D eigenvalue weighted by Crippen LogP contribution is -2.82. The fourth-order valence-electron chi connectivity index (χ4n) is 10.5. The van der Waals surface area contributed by atoms with Crippen LogP contribution in [0, 0.1) is 23.7 Å². The number of primary amides is 1. The molecule has 24 nitrogen and oxygen atoms in total. The summed E-state index contributed by atoms with van der Waals surface area (Å²) in [6.45, 7) is 4.79. The molecule has 1 aromatic carbocycles. The molecule has 0 radical (unpaired) electrons. The highest BCUT2D eigenvalue weighted by molar-refractivity contribution is 5.93. The second-order valence-electron chi connectivity index (χ2n) is 20.1. The molecule has 4 aliphatic rings. The highest BCUT2D eigenvalue weighted by atomic mass is 16.4. The Bertz CT molecular complexity index is 2130. The van der Waals surface area contributed by atoms with Crippen LogP contribution in [0.15, 0.2) is 24.3 Å². The van der Waals surface area contributed by atoms with E-state index in [2.05, 4.69) is 48.3 Å². The molecule has 24 heteroatoms. The average molecular weight is 1030 g/mol. The van der Waals surface area contributed by atoms with Crippen molar-refractivity contribution in [3.63, 3.8) is 0 Å². The molecule has 9 amide bonds. The first-order valence-electron chi connectivity index (χ1n) is 25.9. The minimum Gasteiger partial charge on any atom is -0.550 e. The zero-order valence-electron chi connectivity index (χ0n) is 42.0. The maximum Gasteiger partial charge on any atom is 0.243 e. The molecule has 404 valence electrons. The summed E-state index contributed by atoms with van der Waals surface area (Å²) in [5.41, 5.74) is 9.82. The molecular weight excluding hydrogens is 949 g/mol. The first-order chi connectivity index (χ1) is 34.8. The van der Waals surface area contributed by atoms with Gasteiger partial charge in [-0.15, -0.1) is 0 Å². The van der Waals surface area contributed by atoms with Gasteiger partial charge >= 0.3 is 0 Å². The molecule has 4 fully saturated rings. The van der Waals surface area contributed by atoms with E-state index in [1.54, 1.807) is 12.1 Å². The van der Waals surface area contributed by atoms with Gasteiger partial charge in [0.15, 0.2) is 0 Å². The Morgan fingerprint density at radius 1 is 0.616 bits per heavy atom. The van der Waals surface area contributed by atoms with E-state index in [0.29, 0.717) is 76.7 Å². The molecular formula is C49H78N12O12+2. The number of unbranched alkanes of at least 4 members (excludes halogenated alkanes) is 2. The van der Waals surface area contributed by atoms with Crippen LogP contribution in [0.3, 0.4) is 0 Å². The van der Waals surface area contributed by atoms with Gasteiger partial charge in [-0.25, -0.2) is 0 Å². The maximum absolute atomic E-state index is 14.4. The third-order valence-corrected chi connectivity index (χ3v) is 14.6. The number of quaternary nitrogens is 3. The SMILES string of the molecule is CC(=O)NC1CCCC1C(=O)N[C@@H](CCCC[NH3+])C(=O)NC1C[NH2+]CC1C(=O)N[C@@H](Cc1ccc(O)cc1)C(=O)NC1CCCC1C(=O)N[C@@H](CCCCC(=O)[O-])C(=O)NC1C[NH2+]CC1C(=O)N[C@@H](C)C(N)=O. The Kier molecular flexibility index (Phi) is 22.2. The molecule has 73 heavy (non-hydrogen) atoms. The molecule has 2 aliphatic heterocycles. The quantitative estimate of drug-likeness (QED) is 0.0366. The summed E-state index contributed by atoms with van der Waals surface area (Å²) in [6, 6.07) is -0.365. The zero-order valence-corrected chi connectivity index (χ0v) is 42.0. The number of aliphatic carboxylic acids is 1. The van der Waals surface area contributed by atoms with Gasteiger partial charge in [-0.1, -0.05) is 31.4 Å². The number of rotatable bonds is 27. The molecule has 0 spiro atoms. The van der Waals surface area contributed by atoms with Gasteiger partial charge < -0.3 is 79.6 Å². The lowest BCUT2D eigenvalue weighted by atomic mass is 9.97. The number of nitrogens with one attached hydrogen (secondary N) is 8. The predicted octanol–water partition coefficient (Wildman–Crippen LogP) is -6.95. The van der Waals surface area contributed by atoms with E-state index in [9.17, 15) is 58.2 Å². The van der Waals surface area contributed by atoms with E-state index < -0.39 is 113 Å². The molecule has 0 aromatic heterocycles. The summed E-state index contributed by atoms with van der Waals surface area (Å²) in [5, 5.41) is 47.8. The van der Waals surface area contributed by atoms with Gasteiger partial charge in [0, 0.05) is 31.4 Å². The monoisotopic (exact) mass is 1030 g/mol. The minimum absolute atomic E-state index is 0.00193. The highest BCUT2D eigenvalue weighted by Gasteiger charge is 2.43. The van der Waals surface area contributed by atoms with Gasteiger partial charge in [0.1, 0.15) is 41.8 Å². The van der Waals surface area contributed by atoms with Gasteiger partial charge in [-0.3, -0.25) is 43.2 Å². The molecule has 12 atom stereocenters. The van der Waals surface area contributed by atoms with E-state index in [0.717, 1.165) is 12.8 Å². The van der Waals surface area contributed by atoms with E-state index in [4.69, 9.17) is 5.73 Å². The van der Waals surface area contributed by atoms with Crippen molar-refractivity contribution in [3.8, 4) is 5.75 Å². The summed E-state index contributed by atoms with van der Waals surface area (Å²) < 4.78 is 0. The largest absolute Gasteiger partial charge is 0.550 e. The number of carboxylic acids is 1. The number of amides is 9. The summed E-state index contributed by atoms with van der Waals surface area (Å²) >= 11 is 0. The van der Waals surface area contributed by atoms with Gasteiger partial charge in [-0.2, -0.15) is 0 Å². The molecule has 18 N–H and O–H groups in total. The molecule has 0 bridgehead atoms. The Labute approximate surface area is 424 Å². The number of hydrogen-bond acceptors (Lipinski definition) is 12. The topological polar surface area (TPSA) is 397 Å². The van der Waals surface area contributed by atoms with Gasteiger partial charge in [0.25, 0.3) is 0 Å². The Morgan fingerprint density at radius 2 is 1.07 bits per heavy atom. The molecule has 1 aromatic rings. The smallest absolute Gasteiger partial charge is 0.243 e. The van der Waals surface area contributed by atoms with Crippen LogP contribution < -0.4 is 69.7 Å². The Hall–Kier alpha value is -6.40. The molecule has 8 unspecified atom stereocenters. The average Bonchev–Trinajstić information content (AvgIpc) is 4.19.